The Hall–Kier alpha value is -3.05. The number of furan rings is 1. The lowest BCUT2D eigenvalue weighted by molar-refractivity contribution is -0.942. The average molecular weight is 422 g/mol. The Morgan fingerprint density at radius 3 is 2.35 bits per heavy atom. The summed E-state index contributed by atoms with van der Waals surface area (Å²) in [7, 11) is 1.68. The summed E-state index contributed by atoms with van der Waals surface area (Å²) in [6.07, 6.45) is 0. The molecule has 2 aromatic carbocycles. The van der Waals surface area contributed by atoms with Crippen LogP contribution in [0, 0.1) is 5.92 Å². The van der Waals surface area contributed by atoms with Crippen LogP contribution in [0.1, 0.15) is 48.2 Å². The lowest BCUT2D eigenvalue weighted by atomic mass is 10.1. The van der Waals surface area contributed by atoms with Gasteiger partial charge in [0.2, 0.25) is 0 Å². The molecule has 0 fully saturated rings. The highest BCUT2D eigenvalue weighted by atomic mass is 16.5. The van der Waals surface area contributed by atoms with Gasteiger partial charge in [-0.2, -0.15) is 0 Å². The second kappa shape index (κ2) is 10.8. The van der Waals surface area contributed by atoms with Gasteiger partial charge in [0.05, 0.1) is 7.11 Å². The minimum Gasteiger partial charge on any atom is -0.497 e. The topological polar surface area (TPSA) is 55.9 Å². The number of amides is 1. The van der Waals surface area contributed by atoms with Crippen LogP contribution in [0.15, 0.2) is 71.1 Å². The van der Waals surface area contributed by atoms with Gasteiger partial charge in [0.25, 0.3) is 5.91 Å². The fraction of sp³-hybridized carbons (Fsp3) is 0.346. The lowest BCUT2D eigenvalue weighted by Gasteiger charge is -2.19. The third kappa shape index (κ3) is 6.72. The van der Waals surface area contributed by atoms with E-state index in [4.69, 9.17) is 9.15 Å². The summed E-state index contributed by atoms with van der Waals surface area (Å²) < 4.78 is 11.3. The van der Waals surface area contributed by atoms with E-state index in [-0.39, 0.29) is 11.9 Å². The molecule has 5 nitrogen and oxygen atoms in total. The molecule has 0 aliphatic heterocycles. The van der Waals surface area contributed by atoms with Crippen molar-refractivity contribution in [3.8, 4) is 5.75 Å². The van der Waals surface area contributed by atoms with E-state index in [2.05, 4.69) is 55.6 Å². The summed E-state index contributed by atoms with van der Waals surface area (Å²) in [6.45, 7) is 8.53. The molecule has 0 aliphatic carbocycles. The number of ether oxygens (including phenoxy) is 1. The molecule has 2 N–H and O–H groups in total. The summed E-state index contributed by atoms with van der Waals surface area (Å²) >= 11 is 0. The Morgan fingerprint density at radius 2 is 1.65 bits per heavy atom. The van der Waals surface area contributed by atoms with Gasteiger partial charge in [-0.1, -0.05) is 56.3 Å². The number of benzene rings is 2. The summed E-state index contributed by atoms with van der Waals surface area (Å²) in [5.41, 5.74) is 2.45. The first kappa shape index (κ1) is 22.6. The molecule has 1 amide bonds. The molecule has 0 aliphatic rings. The first-order valence-corrected chi connectivity index (χ1v) is 10.8. The van der Waals surface area contributed by atoms with Crippen molar-refractivity contribution in [1.82, 2.24) is 5.32 Å². The van der Waals surface area contributed by atoms with Crippen molar-refractivity contribution >= 4 is 5.91 Å². The van der Waals surface area contributed by atoms with Gasteiger partial charge in [-0.3, -0.25) is 4.79 Å². The SMILES string of the molecule is COc1cccc(C[NH+](Cc2ccccc2)Cc2ccc(C(=O)N[C@H](C)C(C)C)o2)c1. The number of methoxy groups -OCH3 is 1. The van der Waals surface area contributed by atoms with E-state index >= 15 is 0 Å². The van der Waals surface area contributed by atoms with Gasteiger partial charge in [0.15, 0.2) is 11.5 Å². The van der Waals surface area contributed by atoms with Gasteiger partial charge >= 0.3 is 0 Å². The van der Waals surface area contributed by atoms with Crippen LogP contribution >= 0.6 is 0 Å². The van der Waals surface area contributed by atoms with Crippen LogP contribution in [0.3, 0.4) is 0 Å². The van der Waals surface area contributed by atoms with Gasteiger partial charge in [-0.15, -0.1) is 0 Å². The predicted octanol–water partition coefficient (Wildman–Crippen LogP) is 3.85. The van der Waals surface area contributed by atoms with Crippen molar-refractivity contribution in [3.63, 3.8) is 0 Å². The highest BCUT2D eigenvalue weighted by molar-refractivity contribution is 5.91. The van der Waals surface area contributed by atoms with Crippen LogP contribution in [0.2, 0.25) is 0 Å². The third-order valence-corrected chi connectivity index (χ3v) is 5.55. The van der Waals surface area contributed by atoms with Gasteiger partial charge in [-0.05, 0) is 37.1 Å². The Balaban J connectivity index is 1.73. The smallest absolute Gasteiger partial charge is 0.287 e. The lowest BCUT2D eigenvalue weighted by Crippen LogP contribution is -3.08. The van der Waals surface area contributed by atoms with Crippen molar-refractivity contribution in [1.29, 1.82) is 0 Å². The van der Waals surface area contributed by atoms with E-state index in [1.165, 1.54) is 16.0 Å². The summed E-state index contributed by atoms with van der Waals surface area (Å²) in [4.78, 5) is 13.8. The van der Waals surface area contributed by atoms with Gasteiger partial charge in [0.1, 0.15) is 25.4 Å². The molecule has 0 saturated carbocycles. The largest absolute Gasteiger partial charge is 0.497 e. The van der Waals surface area contributed by atoms with E-state index in [0.717, 1.165) is 24.6 Å². The molecular weight excluding hydrogens is 388 g/mol. The summed E-state index contributed by atoms with van der Waals surface area (Å²) in [5.74, 6) is 2.23. The summed E-state index contributed by atoms with van der Waals surface area (Å²) in [5, 5.41) is 3.00. The van der Waals surface area contributed by atoms with E-state index in [0.29, 0.717) is 18.2 Å². The first-order valence-electron chi connectivity index (χ1n) is 10.8. The second-order valence-corrected chi connectivity index (χ2v) is 8.39. The van der Waals surface area contributed by atoms with Crippen LogP contribution in [-0.2, 0) is 19.6 Å². The van der Waals surface area contributed by atoms with Gasteiger partial charge in [0, 0.05) is 17.2 Å². The zero-order valence-corrected chi connectivity index (χ0v) is 18.9. The fourth-order valence-electron chi connectivity index (χ4n) is 3.43. The zero-order valence-electron chi connectivity index (χ0n) is 18.9. The molecule has 0 radical (unpaired) electrons. The number of hydrogen-bond acceptors (Lipinski definition) is 3. The van der Waals surface area contributed by atoms with Crippen molar-refractivity contribution < 1.29 is 18.8 Å². The Morgan fingerprint density at radius 1 is 0.935 bits per heavy atom. The molecular formula is C26H33N2O3+. The maximum absolute atomic E-state index is 12.5. The molecule has 5 heteroatoms. The van der Waals surface area contributed by atoms with Crippen LogP contribution in [0.5, 0.6) is 5.75 Å². The van der Waals surface area contributed by atoms with Crippen molar-refractivity contribution in [3.05, 3.63) is 89.4 Å². The zero-order chi connectivity index (χ0) is 22.2. The van der Waals surface area contributed by atoms with Crippen molar-refractivity contribution in [2.75, 3.05) is 7.11 Å². The molecule has 0 bridgehead atoms. The average Bonchev–Trinajstić information content (AvgIpc) is 3.23. The minimum absolute atomic E-state index is 0.0920. The van der Waals surface area contributed by atoms with Gasteiger partial charge in [-0.25, -0.2) is 0 Å². The quantitative estimate of drug-likeness (QED) is 0.523. The monoisotopic (exact) mass is 421 g/mol. The molecule has 1 heterocycles. The molecule has 0 spiro atoms. The van der Waals surface area contributed by atoms with Crippen molar-refractivity contribution in [2.24, 2.45) is 5.92 Å². The van der Waals surface area contributed by atoms with E-state index < -0.39 is 0 Å². The maximum atomic E-state index is 12.5. The minimum atomic E-state index is -0.162. The molecule has 3 rings (SSSR count). The fourth-order valence-corrected chi connectivity index (χ4v) is 3.43. The van der Waals surface area contributed by atoms with E-state index in [9.17, 15) is 4.79 Å². The highest BCUT2D eigenvalue weighted by Gasteiger charge is 2.19. The first-order chi connectivity index (χ1) is 14.9. The molecule has 2 atom stereocenters. The number of hydrogen-bond donors (Lipinski definition) is 2. The van der Waals surface area contributed by atoms with Crippen LogP contribution in [-0.4, -0.2) is 19.1 Å². The molecule has 31 heavy (non-hydrogen) atoms. The van der Waals surface area contributed by atoms with Crippen LogP contribution in [0.25, 0.3) is 0 Å². The normalized spacial score (nSPS) is 13.1. The number of rotatable bonds is 10. The maximum Gasteiger partial charge on any atom is 0.287 e. The second-order valence-electron chi connectivity index (χ2n) is 8.39. The number of carbonyl (C=O) groups is 1. The molecule has 164 valence electrons. The molecule has 1 unspecified atom stereocenters. The summed E-state index contributed by atoms with van der Waals surface area (Å²) in [6, 6.07) is 22.3. The number of nitrogens with one attached hydrogen (secondary N) is 2. The highest BCUT2D eigenvalue weighted by Crippen LogP contribution is 2.13. The van der Waals surface area contributed by atoms with Crippen LogP contribution < -0.4 is 15.0 Å². The number of carbonyl (C=O) groups excluding carboxylic acids is 1. The number of quaternary nitrogens is 1. The third-order valence-electron chi connectivity index (χ3n) is 5.55. The van der Waals surface area contributed by atoms with E-state index in [1.54, 1.807) is 13.2 Å². The van der Waals surface area contributed by atoms with Crippen LogP contribution in [0.4, 0.5) is 0 Å². The molecule has 3 aromatic rings. The molecule has 0 saturated heterocycles. The Labute approximate surface area is 185 Å². The molecule has 1 aromatic heterocycles. The van der Waals surface area contributed by atoms with E-state index in [1.807, 2.05) is 31.2 Å². The standard InChI is InChI=1S/C26H32N2O3/c1-19(2)20(3)27-26(29)25-14-13-24(31-25)18-28(16-21-9-6-5-7-10-21)17-22-11-8-12-23(15-22)30-4/h5-15,19-20H,16-18H2,1-4H3,(H,27,29)/p+1/t20-/m1/s1. The Kier molecular flexibility index (Phi) is 7.90. The van der Waals surface area contributed by atoms with Crippen molar-refractivity contribution in [2.45, 2.75) is 46.4 Å². The Bertz CT molecular complexity index is 966. The predicted molar refractivity (Wildman–Crippen MR) is 122 cm³/mol. The van der Waals surface area contributed by atoms with Gasteiger partial charge < -0.3 is 19.4 Å².